The molecule has 33 heteroatoms. The number of nitrogen functional groups attached to an aromatic ring is 2. The van der Waals surface area contributed by atoms with Gasteiger partial charge in [0.25, 0.3) is 0 Å². The van der Waals surface area contributed by atoms with Crippen LogP contribution in [0.25, 0.3) is 43.1 Å². The lowest BCUT2D eigenvalue weighted by Gasteiger charge is -2.07. The van der Waals surface area contributed by atoms with Crippen LogP contribution in [0.2, 0.25) is 5.02 Å². The molecule has 31 nitrogen and oxygen atoms in total. The fourth-order valence-electron chi connectivity index (χ4n) is 10.4. The second-order valence-corrected chi connectivity index (χ2v) is 24.9. The molecule has 6 aromatic heterocycles. The Bertz CT molecular complexity index is 5860. The summed E-state index contributed by atoms with van der Waals surface area (Å²) in [5, 5.41) is 64.0. The molecule has 0 radical (unpaired) electrons. The van der Waals surface area contributed by atoms with E-state index in [-0.39, 0.29) is 56.8 Å². The molecular weight excluding hydrogens is 1590 g/mol. The summed E-state index contributed by atoms with van der Waals surface area (Å²) in [6.07, 6.45) is 12.5. The van der Waals surface area contributed by atoms with Crippen molar-refractivity contribution in [1.82, 2.24) is 34.5 Å². The van der Waals surface area contributed by atoms with Gasteiger partial charge in [0.1, 0.15) is 33.3 Å². The molecule has 606 valence electrons. The van der Waals surface area contributed by atoms with Crippen LogP contribution in [0.1, 0.15) is 83.2 Å². The highest BCUT2D eigenvalue weighted by molar-refractivity contribution is 7.21. The van der Waals surface area contributed by atoms with Crippen molar-refractivity contribution in [3.63, 3.8) is 0 Å². The Morgan fingerprint density at radius 1 is 0.475 bits per heavy atom. The van der Waals surface area contributed by atoms with Crippen LogP contribution in [0, 0.1) is 0 Å². The molecule has 0 bridgehead atoms. The van der Waals surface area contributed by atoms with Gasteiger partial charge in [0.05, 0.1) is 40.2 Å². The summed E-state index contributed by atoms with van der Waals surface area (Å²) in [5.41, 5.74) is 17.0. The van der Waals surface area contributed by atoms with Gasteiger partial charge in [0, 0.05) is 94.0 Å². The van der Waals surface area contributed by atoms with Crippen molar-refractivity contribution in [2.45, 2.75) is 13.0 Å². The van der Waals surface area contributed by atoms with E-state index in [9.17, 15) is 43.8 Å². The Kier molecular flexibility index (Phi) is 36.0. The number of pyridine rings is 2. The number of fused-ring (bicyclic) bond motifs is 5. The number of aromatic carboxylic acids is 7. The zero-order chi connectivity index (χ0) is 86.7. The first kappa shape index (κ1) is 90.5. The predicted octanol–water partition coefficient (Wildman–Crippen LogP) is 15.6. The average molecular weight is 1660 g/mol. The fraction of sp³-hybridized carbons (Fsp3) is 0.0460. The number of nitrogens with two attached hydrogens (primary N) is 2. The van der Waals surface area contributed by atoms with Gasteiger partial charge >= 0.3 is 54.1 Å². The number of benzene rings is 9. The second-order valence-electron chi connectivity index (χ2n) is 23.5. The lowest BCUT2D eigenvalue weighted by atomic mass is 10.0. The van der Waals surface area contributed by atoms with Gasteiger partial charge in [-0.2, -0.15) is 19.2 Å². The summed E-state index contributed by atoms with van der Waals surface area (Å²) in [5.74, 6) is -3.38. The van der Waals surface area contributed by atoms with Crippen molar-refractivity contribution in [2.24, 2.45) is 0 Å². The van der Waals surface area contributed by atoms with E-state index in [2.05, 4.69) is 36.0 Å². The Labute approximate surface area is 689 Å². The van der Waals surface area contributed by atoms with Crippen LogP contribution in [0.4, 0.5) is 11.5 Å². The summed E-state index contributed by atoms with van der Waals surface area (Å²) >= 11 is 7.08. The highest BCUT2D eigenvalue weighted by Gasteiger charge is 2.18. The molecule has 0 unspecified atom stereocenters. The van der Waals surface area contributed by atoms with Crippen LogP contribution in [-0.2, 0) is 32.1 Å². The minimum Gasteiger partial charge on any atom is -0.493 e. The smallest absolute Gasteiger partial charge is 0.373 e. The largest absolute Gasteiger partial charge is 0.493 e. The molecule has 15 aromatic rings. The van der Waals surface area contributed by atoms with Gasteiger partial charge < -0.3 is 70.7 Å². The third-order valence-corrected chi connectivity index (χ3v) is 17.4. The van der Waals surface area contributed by atoms with Gasteiger partial charge in [-0.25, -0.2) is 53.5 Å². The Morgan fingerprint density at radius 2 is 1.00 bits per heavy atom. The molecule has 0 fully saturated rings. The Balaban J connectivity index is 0.000000187. The van der Waals surface area contributed by atoms with Crippen molar-refractivity contribution in [3.8, 4) is 40.0 Å². The molecular formula is C87H68ClN9O22S. The van der Waals surface area contributed by atoms with Gasteiger partial charge in [-0.1, -0.05) is 188 Å². The zero-order valence-electron chi connectivity index (χ0n) is 62.4. The highest BCUT2D eigenvalue weighted by atomic mass is 35.5. The predicted molar refractivity (Wildman–Crippen MR) is 439 cm³/mol. The lowest BCUT2D eigenvalue weighted by molar-refractivity contribution is -0.193. The monoisotopic (exact) mass is 1660 g/mol. The molecule has 2 aliphatic rings. The quantitative estimate of drug-likeness (QED) is 0.0548. The van der Waals surface area contributed by atoms with E-state index < -0.39 is 41.8 Å². The van der Waals surface area contributed by atoms with E-state index in [0.717, 1.165) is 62.4 Å². The maximum Gasteiger partial charge on any atom is 0.373 e. The SMILES string of the molecule is Nc1ccncc1C(=O)O.Nc1nccnc1C(=O)O.O=C(O)c1cc(-c2ccccc2)nc2ccccc12.O=C(O)c1ccccc1Oc1ccccc1.O=C(O)c1cn(Cc2ccccc2)c2ccccc12.O=C(O)c1cnccn1.O=C(O)c1sc2ccccc2c1Cl.O=C=O.O=C=O.c1ccc2c(c1)CCO2.c1ccc2c(c1)OCO2. The van der Waals surface area contributed by atoms with Crippen LogP contribution in [0.3, 0.4) is 0 Å². The van der Waals surface area contributed by atoms with Gasteiger partial charge in [-0.3, -0.25) is 9.97 Å². The highest BCUT2D eigenvalue weighted by Crippen LogP contribution is 2.36. The van der Waals surface area contributed by atoms with Crippen molar-refractivity contribution < 1.29 is 107 Å². The van der Waals surface area contributed by atoms with Crippen LogP contribution in [0.15, 0.2) is 298 Å². The summed E-state index contributed by atoms with van der Waals surface area (Å²) in [4.78, 5) is 130. The average Bonchev–Trinajstić information content (AvgIpc) is 1.63. The van der Waals surface area contributed by atoms with Crippen molar-refractivity contribution >= 4 is 120 Å². The molecule has 120 heavy (non-hydrogen) atoms. The van der Waals surface area contributed by atoms with E-state index in [0.29, 0.717) is 52.0 Å². The first-order chi connectivity index (χ1) is 58.0. The number of carboxylic acid groups (broad SMARTS) is 7. The fourth-order valence-corrected chi connectivity index (χ4v) is 11.8. The maximum atomic E-state index is 11.4. The molecule has 11 N–H and O–H groups in total. The van der Waals surface area contributed by atoms with E-state index >= 15 is 0 Å². The van der Waals surface area contributed by atoms with Gasteiger partial charge in [-0.15, -0.1) is 11.3 Å². The number of carboxylic acids is 7. The number of thiophene rings is 1. The van der Waals surface area contributed by atoms with Crippen molar-refractivity contribution in [2.75, 3.05) is 24.9 Å². The normalized spacial score (nSPS) is 10.3. The summed E-state index contributed by atoms with van der Waals surface area (Å²) < 4.78 is 23.8. The number of nitrogens with zero attached hydrogens (tertiary/aromatic N) is 7. The van der Waals surface area contributed by atoms with E-state index in [4.69, 9.17) is 86.7 Å². The molecule has 0 spiro atoms. The number of aromatic nitrogens is 7. The number of para-hydroxylation sites is 7. The van der Waals surface area contributed by atoms with Crippen LogP contribution in [-0.4, -0.2) is 138 Å². The third kappa shape index (κ3) is 27.9. The molecule has 0 amide bonds. The minimum atomic E-state index is -1.16. The standard InChI is InChI=1S/C16H13NO2.C16H11NO2.C13H10O3.C9H5ClO2S.C8H8O.C7H6O2.C6H6N2O2.C5H5N3O2.C5H4N2O2.2CO2/c18-16(19)14-11-17(10-12-6-2-1-3-7-12)15-9-5-4-8-13(14)15;18-16(19)13-10-15(11-6-2-1-3-7-11)17-14-9-5-4-8-12(13)14;14-13(15)11-8-4-5-9-12(11)16-10-6-2-1-3-7-10;10-7-5-3-1-2-4-6(5)13-8(7)9(11)12;1-2-4-8-7(3-1)5-6-9-8;1-2-4-7-6(3-1)8-5-9-7;7-5-1-2-8-3-4(5)6(9)10;6-4-3(5(9)10)7-1-2-8-4;8-5(9)4-3-6-1-2-7-4;2*2-1-3/h1-9,11H,10H2,(H,18,19);1-10H,(H,18,19);1-9H,(H,14,15);1-4H,(H,11,12);1-4H,5-6H2;1-4H,5H2;1-3H,(H2,7,8)(H,9,10);1-2H,(H2,6,8)(H,9,10);1-3H,(H,8,9);;. The number of anilines is 2. The van der Waals surface area contributed by atoms with E-state index in [1.807, 2.05) is 193 Å². The number of hydrogen-bond acceptors (Lipinski definition) is 24. The lowest BCUT2D eigenvalue weighted by Crippen LogP contribution is -2.06. The topological polar surface area (TPSA) is 501 Å². The third-order valence-electron chi connectivity index (χ3n) is 15.7. The number of ether oxygens (including phenoxy) is 4. The maximum absolute atomic E-state index is 11.4. The van der Waals surface area contributed by atoms with Crippen molar-refractivity contribution in [3.05, 3.63) is 353 Å². The zero-order valence-corrected chi connectivity index (χ0v) is 64.0. The van der Waals surface area contributed by atoms with E-state index in [1.54, 1.807) is 48.7 Å². The first-order valence-electron chi connectivity index (χ1n) is 34.7. The van der Waals surface area contributed by atoms with Crippen LogP contribution < -0.4 is 30.4 Å². The molecule has 17 rings (SSSR count). The summed E-state index contributed by atoms with van der Waals surface area (Å²) in [6.45, 7) is 1.90. The Hall–Kier alpha value is -16.7. The Morgan fingerprint density at radius 3 is 1.55 bits per heavy atom. The number of rotatable bonds is 12. The molecule has 2 aliphatic heterocycles. The first-order valence-corrected chi connectivity index (χ1v) is 35.9. The number of hydrogen-bond donors (Lipinski definition) is 9. The molecule has 0 aliphatic carbocycles. The van der Waals surface area contributed by atoms with Gasteiger partial charge in [0.2, 0.25) is 6.79 Å². The summed E-state index contributed by atoms with van der Waals surface area (Å²) in [6, 6.07) is 76.4. The molecule has 0 saturated heterocycles. The van der Waals surface area contributed by atoms with Gasteiger partial charge in [0.15, 0.2) is 28.7 Å². The molecule has 8 heterocycles. The van der Waals surface area contributed by atoms with Crippen molar-refractivity contribution in [1.29, 1.82) is 0 Å². The molecule has 0 saturated carbocycles. The number of carbonyl (C=O) groups excluding carboxylic acids is 4. The van der Waals surface area contributed by atoms with E-state index in [1.165, 1.54) is 72.4 Å². The number of carbonyl (C=O) groups is 7. The van der Waals surface area contributed by atoms with Gasteiger partial charge in [-0.05, 0) is 83.9 Å². The minimum absolute atomic E-state index is 0.0301. The summed E-state index contributed by atoms with van der Waals surface area (Å²) in [7, 11) is 0. The molecule has 0 atom stereocenters. The number of halogens is 1. The van der Waals surface area contributed by atoms with Crippen LogP contribution in [0.5, 0.6) is 28.7 Å². The van der Waals surface area contributed by atoms with Crippen LogP contribution >= 0.6 is 22.9 Å². The molecule has 9 aromatic carbocycles. The second kappa shape index (κ2) is 47.8.